The van der Waals surface area contributed by atoms with Gasteiger partial charge in [-0.1, -0.05) is 0 Å². The van der Waals surface area contributed by atoms with Gasteiger partial charge in [0.25, 0.3) is 5.91 Å². The molecule has 0 aromatic carbocycles. The van der Waals surface area contributed by atoms with Crippen LogP contribution in [-0.2, 0) is 0 Å². The molecule has 6 nitrogen and oxygen atoms in total. The maximum Gasteiger partial charge on any atom is 0.410 e. The van der Waals surface area contributed by atoms with E-state index in [-0.39, 0.29) is 24.4 Å². The van der Waals surface area contributed by atoms with E-state index in [0.717, 1.165) is 17.5 Å². The minimum atomic E-state index is -4.37. The van der Waals surface area contributed by atoms with Crippen LogP contribution in [0.15, 0.2) is 30.6 Å². The lowest BCUT2D eigenvalue weighted by molar-refractivity contribution is -0.173. The van der Waals surface area contributed by atoms with Gasteiger partial charge in [-0.05, 0) is 44.7 Å². The smallest absolute Gasteiger partial charge is 0.368 e. The summed E-state index contributed by atoms with van der Waals surface area (Å²) in [5.74, 6) is 0.213. The number of nitrogens with zero attached hydrogens (tertiary/aromatic N) is 4. The predicted octanol–water partition coefficient (Wildman–Crippen LogP) is 3.95. The molecular weight excluding hydrogens is 371 g/mol. The second-order valence-electron chi connectivity index (χ2n) is 7.48. The Morgan fingerprint density at radius 2 is 2.00 bits per heavy atom. The third-order valence-electron chi connectivity index (χ3n) is 5.43. The van der Waals surface area contributed by atoms with E-state index in [2.05, 4.69) is 15.4 Å². The summed E-state index contributed by atoms with van der Waals surface area (Å²) in [5.41, 5.74) is 1.03. The standard InChI is InChI=1S/C19H22F3N5O/c1-12-10-16(19(20,21)22)27-17(24-12)11-14(25-27)15-4-2-3-9-26(15)18(28)13-5-7-23-8-6-13/h5-8,11-12,15-16,24H,2-4,9-10H2,1H3/t12-,15?,16-/m1/s1. The zero-order valence-corrected chi connectivity index (χ0v) is 15.5. The number of halogens is 3. The van der Waals surface area contributed by atoms with Crippen molar-refractivity contribution in [3.05, 3.63) is 41.9 Å². The number of carbonyl (C=O) groups excluding carboxylic acids is 1. The average molecular weight is 393 g/mol. The highest BCUT2D eigenvalue weighted by Crippen LogP contribution is 2.41. The van der Waals surface area contributed by atoms with Crippen LogP contribution in [0.5, 0.6) is 0 Å². The summed E-state index contributed by atoms with van der Waals surface area (Å²) in [6.07, 6.45) is 1.12. The van der Waals surface area contributed by atoms with Gasteiger partial charge >= 0.3 is 6.18 Å². The van der Waals surface area contributed by atoms with Gasteiger partial charge in [-0.15, -0.1) is 0 Å². The molecule has 4 rings (SSSR count). The van der Waals surface area contributed by atoms with Crippen LogP contribution in [0.25, 0.3) is 0 Å². The Labute approximate surface area is 160 Å². The van der Waals surface area contributed by atoms with Crippen molar-refractivity contribution in [3.63, 3.8) is 0 Å². The summed E-state index contributed by atoms with van der Waals surface area (Å²) in [6, 6.07) is 2.67. The van der Waals surface area contributed by atoms with E-state index in [1.54, 1.807) is 42.4 Å². The molecule has 0 spiro atoms. The lowest BCUT2D eigenvalue weighted by Gasteiger charge is -2.35. The molecule has 1 fully saturated rings. The van der Waals surface area contributed by atoms with E-state index in [1.165, 1.54) is 0 Å². The number of anilines is 1. The molecule has 1 amide bonds. The van der Waals surface area contributed by atoms with E-state index in [0.29, 0.717) is 30.0 Å². The zero-order chi connectivity index (χ0) is 19.9. The summed E-state index contributed by atoms with van der Waals surface area (Å²) in [7, 11) is 0. The summed E-state index contributed by atoms with van der Waals surface area (Å²) < 4.78 is 41.6. The Morgan fingerprint density at radius 1 is 1.25 bits per heavy atom. The fourth-order valence-corrected chi connectivity index (χ4v) is 4.08. The molecular formula is C19H22F3N5O. The summed E-state index contributed by atoms with van der Waals surface area (Å²) in [6.45, 7) is 2.29. The summed E-state index contributed by atoms with van der Waals surface area (Å²) in [4.78, 5) is 18.6. The van der Waals surface area contributed by atoms with Crippen molar-refractivity contribution >= 4 is 11.7 Å². The molecule has 1 N–H and O–H groups in total. The minimum Gasteiger partial charge on any atom is -0.368 e. The number of carbonyl (C=O) groups is 1. The number of aromatic nitrogens is 3. The molecule has 1 unspecified atom stereocenters. The zero-order valence-electron chi connectivity index (χ0n) is 15.5. The average Bonchev–Trinajstić information content (AvgIpc) is 3.10. The molecule has 0 radical (unpaired) electrons. The molecule has 2 aliphatic heterocycles. The van der Waals surface area contributed by atoms with Crippen LogP contribution >= 0.6 is 0 Å². The first-order valence-electron chi connectivity index (χ1n) is 9.48. The van der Waals surface area contributed by atoms with Crippen molar-refractivity contribution in [2.75, 3.05) is 11.9 Å². The van der Waals surface area contributed by atoms with Gasteiger partial charge in [0.2, 0.25) is 0 Å². The van der Waals surface area contributed by atoms with Gasteiger partial charge in [-0.25, -0.2) is 4.68 Å². The lowest BCUT2D eigenvalue weighted by Crippen LogP contribution is -2.39. The second-order valence-corrected chi connectivity index (χ2v) is 7.48. The normalized spacial score (nSPS) is 25.1. The van der Waals surface area contributed by atoms with Gasteiger partial charge in [-0.2, -0.15) is 18.3 Å². The van der Waals surface area contributed by atoms with Gasteiger partial charge in [-0.3, -0.25) is 9.78 Å². The maximum absolute atomic E-state index is 13.5. The number of piperidine rings is 1. The Morgan fingerprint density at radius 3 is 2.71 bits per heavy atom. The first-order chi connectivity index (χ1) is 13.3. The number of hydrogen-bond acceptors (Lipinski definition) is 4. The number of fused-ring (bicyclic) bond motifs is 1. The largest absolute Gasteiger partial charge is 0.410 e. The molecule has 28 heavy (non-hydrogen) atoms. The van der Waals surface area contributed by atoms with E-state index < -0.39 is 12.2 Å². The topological polar surface area (TPSA) is 63.1 Å². The highest BCUT2D eigenvalue weighted by Gasteiger charge is 2.46. The third kappa shape index (κ3) is 3.45. The fourth-order valence-electron chi connectivity index (χ4n) is 4.08. The van der Waals surface area contributed by atoms with Crippen LogP contribution in [0.4, 0.5) is 19.0 Å². The molecule has 150 valence electrons. The summed E-state index contributed by atoms with van der Waals surface area (Å²) in [5, 5.41) is 7.40. The highest BCUT2D eigenvalue weighted by molar-refractivity contribution is 5.94. The molecule has 2 aliphatic rings. The van der Waals surface area contributed by atoms with Gasteiger partial charge in [0.1, 0.15) is 5.82 Å². The van der Waals surface area contributed by atoms with E-state index >= 15 is 0 Å². The van der Waals surface area contributed by atoms with Crippen LogP contribution in [0.1, 0.15) is 60.7 Å². The van der Waals surface area contributed by atoms with Crippen LogP contribution in [0.2, 0.25) is 0 Å². The molecule has 0 saturated carbocycles. The van der Waals surface area contributed by atoms with Crippen molar-refractivity contribution < 1.29 is 18.0 Å². The summed E-state index contributed by atoms with van der Waals surface area (Å²) >= 11 is 0. The molecule has 0 bridgehead atoms. The van der Waals surface area contributed by atoms with Crippen molar-refractivity contribution in [3.8, 4) is 0 Å². The molecule has 1 saturated heterocycles. The van der Waals surface area contributed by atoms with Gasteiger partial charge < -0.3 is 10.2 Å². The molecule has 3 atom stereocenters. The van der Waals surface area contributed by atoms with Gasteiger partial charge in [0, 0.05) is 36.6 Å². The van der Waals surface area contributed by atoms with E-state index in [1.807, 2.05) is 0 Å². The minimum absolute atomic E-state index is 0.0675. The maximum atomic E-state index is 13.5. The molecule has 2 aromatic heterocycles. The molecule has 2 aromatic rings. The monoisotopic (exact) mass is 393 g/mol. The van der Waals surface area contributed by atoms with Gasteiger partial charge in [0.05, 0.1) is 11.7 Å². The molecule has 4 heterocycles. The van der Waals surface area contributed by atoms with Gasteiger partial charge in [0.15, 0.2) is 6.04 Å². The SMILES string of the molecule is C[C@@H]1C[C@H](C(F)(F)F)n2nc(C3CCCCN3C(=O)c3ccncc3)cc2N1. The van der Waals surface area contributed by atoms with Crippen LogP contribution in [0, 0.1) is 0 Å². The number of hydrogen-bond donors (Lipinski definition) is 1. The van der Waals surface area contributed by atoms with Crippen LogP contribution in [0.3, 0.4) is 0 Å². The van der Waals surface area contributed by atoms with E-state index in [4.69, 9.17) is 0 Å². The van der Waals surface area contributed by atoms with E-state index in [9.17, 15) is 18.0 Å². The first-order valence-corrected chi connectivity index (χ1v) is 9.48. The fraction of sp³-hybridized carbons (Fsp3) is 0.526. The number of nitrogens with one attached hydrogen (secondary N) is 1. The Balaban J connectivity index is 1.67. The highest BCUT2D eigenvalue weighted by atomic mass is 19.4. The number of alkyl halides is 3. The molecule has 9 heteroatoms. The molecule has 0 aliphatic carbocycles. The third-order valence-corrected chi connectivity index (χ3v) is 5.43. The van der Waals surface area contributed by atoms with Crippen molar-refractivity contribution in [1.82, 2.24) is 19.7 Å². The lowest BCUT2D eigenvalue weighted by atomic mass is 9.98. The quantitative estimate of drug-likeness (QED) is 0.839. The van der Waals surface area contributed by atoms with Crippen molar-refractivity contribution in [1.29, 1.82) is 0 Å². The Bertz CT molecular complexity index is 851. The van der Waals surface area contributed by atoms with Crippen LogP contribution in [-0.4, -0.2) is 44.3 Å². The number of pyridine rings is 1. The van der Waals surface area contributed by atoms with Crippen molar-refractivity contribution in [2.45, 2.75) is 56.9 Å². The number of rotatable bonds is 2. The number of likely N-dealkylation sites (tertiary alicyclic amines) is 1. The Kier molecular flexibility index (Phi) is 4.76. The van der Waals surface area contributed by atoms with Crippen molar-refractivity contribution in [2.24, 2.45) is 0 Å². The Hall–Kier alpha value is -2.58. The van der Waals surface area contributed by atoms with Crippen LogP contribution < -0.4 is 5.32 Å². The first kappa shape index (κ1) is 18.8. The predicted molar refractivity (Wildman–Crippen MR) is 96.9 cm³/mol. The number of amides is 1. The second kappa shape index (κ2) is 7.10.